The Hall–Kier alpha value is -2.45. The standard InChI is InChI=1S/C24H29N3O4S/c28-23-8-4-7-22-19-13-17(15-27(22)23)14-26(16-19)32(30,31)21-11-9-20(10-12-21)25-24(29)18-5-2-1-3-6-18/h4,7-12,17-19H,1-3,5-6,13-16H2,(H,25,29). The third-order valence-electron chi connectivity index (χ3n) is 7.18. The first-order valence-corrected chi connectivity index (χ1v) is 13.0. The monoisotopic (exact) mass is 455 g/mol. The molecule has 1 amide bonds. The van der Waals surface area contributed by atoms with E-state index in [1.807, 2.05) is 6.07 Å². The van der Waals surface area contributed by atoms with Crippen LogP contribution in [0, 0.1) is 11.8 Å². The predicted molar refractivity (Wildman–Crippen MR) is 122 cm³/mol. The number of aromatic nitrogens is 1. The summed E-state index contributed by atoms with van der Waals surface area (Å²) in [4.78, 5) is 24.9. The van der Waals surface area contributed by atoms with Crippen LogP contribution in [0.1, 0.15) is 50.1 Å². The smallest absolute Gasteiger partial charge is 0.250 e. The highest BCUT2D eigenvalue weighted by Gasteiger charge is 2.39. The van der Waals surface area contributed by atoms with E-state index in [2.05, 4.69) is 5.32 Å². The van der Waals surface area contributed by atoms with Crippen LogP contribution in [-0.4, -0.2) is 36.3 Å². The second-order valence-electron chi connectivity index (χ2n) is 9.37. The van der Waals surface area contributed by atoms with Crippen molar-refractivity contribution in [1.82, 2.24) is 8.87 Å². The SMILES string of the molecule is O=C(Nc1ccc(S(=O)(=O)N2CC3CC(C2)c2cccc(=O)n2C3)cc1)C1CCCCC1. The number of carbonyl (C=O) groups is 1. The van der Waals surface area contributed by atoms with Gasteiger partial charge in [0, 0.05) is 48.9 Å². The van der Waals surface area contributed by atoms with E-state index in [0.29, 0.717) is 25.3 Å². The number of carbonyl (C=O) groups excluding carboxylic acids is 1. The topological polar surface area (TPSA) is 88.5 Å². The van der Waals surface area contributed by atoms with Crippen molar-refractivity contribution in [2.24, 2.45) is 11.8 Å². The highest BCUT2D eigenvalue weighted by Crippen LogP contribution is 2.37. The first kappa shape index (κ1) is 21.4. The molecule has 2 atom stereocenters. The lowest BCUT2D eigenvalue weighted by Crippen LogP contribution is -2.48. The molecule has 170 valence electrons. The van der Waals surface area contributed by atoms with Crippen molar-refractivity contribution < 1.29 is 13.2 Å². The summed E-state index contributed by atoms with van der Waals surface area (Å²) < 4.78 is 30.1. The van der Waals surface area contributed by atoms with Crippen molar-refractivity contribution >= 4 is 21.6 Å². The van der Waals surface area contributed by atoms with Gasteiger partial charge in [-0.15, -0.1) is 0 Å². The first-order valence-electron chi connectivity index (χ1n) is 11.5. The fourth-order valence-electron chi connectivity index (χ4n) is 5.52. The molecule has 5 rings (SSSR count). The number of nitrogens with one attached hydrogen (secondary N) is 1. The molecule has 2 unspecified atom stereocenters. The number of rotatable bonds is 4. The molecule has 2 bridgehead atoms. The Kier molecular flexibility index (Phi) is 5.67. The largest absolute Gasteiger partial charge is 0.326 e. The van der Waals surface area contributed by atoms with E-state index in [1.165, 1.54) is 6.42 Å². The molecule has 7 nitrogen and oxygen atoms in total. The van der Waals surface area contributed by atoms with Gasteiger partial charge in [-0.2, -0.15) is 4.31 Å². The summed E-state index contributed by atoms with van der Waals surface area (Å²) in [5.41, 5.74) is 1.54. The van der Waals surface area contributed by atoms with Crippen molar-refractivity contribution in [1.29, 1.82) is 0 Å². The number of fused-ring (bicyclic) bond motifs is 4. The zero-order valence-electron chi connectivity index (χ0n) is 18.1. The van der Waals surface area contributed by atoms with Crippen molar-refractivity contribution in [3.05, 3.63) is 58.5 Å². The van der Waals surface area contributed by atoms with E-state index >= 15 is 0 Å². The second kappa shape index (κ2) is 8.48. The lowest BCUT2D eigenvalue weighted by atomic mass is 9.84. The number of anilines is 1. The highest BCUT2D eigenvalue weighted by molar-refractivity contribution is 7.89. The molecule has 3 aliphatic rings. The predicted octanol–water partition coefficient (Wildman–Crippen LogP) is 3.18. The third-order valence-corrected chi connectivity index (χ3v) is 9.03. The van der Waals surface area contributed by atoms with Crippen LogP contribution in [0.5, 0.6) is 0 Å². The van der Waals surface area contributed by atoms with E-state index in [9.17, 15) is 18.0 Å². The third kappa shape index (κ3) is 4.01. The molecule has 8 heteroatoms. The van der Waals surface area contributed by atoms with E-state index < -0.39 is 10.0 Å². The molecular formula is C24H29N3O4S. The Balaban J connectivity index is 1.31. The first-order chi connectivity index (χ1) is 15.4. The minimum Gasteiger partial charge on any atom is -0.326 e. The van der Waals surface area contributed by atoms with E-state index in [0.717, 1.165) is 37.8 Å². The van der Waals surface area contributed by atoms with Crippen LogP contribution >= 0.6 is 0 Å². The van der Waals surface area contributed by atoms with Gasteiger partial charge in [-0.25, -0.2) is 8.42 Å². The zero-order chi connectivity index (χ0) is 22.3. The Labute approximate surface area is 188 Å². The van der Waals surface area contributed by atoms with Gasteiger partial charge in [0.1, 0.15) is 0 Å². The molecule has 1 saturated heterocycles. The minimum atomic E-state index is -3.65. The van der Waals surface area contributed by atoms with Crippen LogP contribution in [-0.2, 0) is 21.4 Å². The number of hydrogen-bond donors (Lipinski definition) is 1. The summed E-state index contributed by atoms with van der Waals surface area (Å²) in [6.07, 6.45) is 6.12. The number of nitrogens with zero attached hydrogens (tertiary/aromatic N) is 2. The van der Waals surface area contributed by atoms with Crippen molar-refractivity contribution in [3.8, 4) is 0 Å². The van der Waals surface area contributed by atoms with Gasteiger partial charge in [-0.05, 0) is 55.5 Å². The van der Waals surface area contributed by atoms with Gasteiger partial charge in [0.25, 0.3) is 5.56 Å². The molecule has 2 aliphatic heterocycles. The summed E-state index contributed by atoms with van der Waals surface area (Å²) in [7, 11) is -3.65. The minimum absolute atomic E-state index is 0.0145. The molecule has 2 aromatic rings. The van der Waals surface area contributed by atoms with Gasteiger partial charge in [-0.3, -0.25) is 9.59 Å². The Morgan fingerprint density at radius 1 is 0.938 bits per heavy atom. The lowest BCUT2D eigenvalue weighted by molar-refractivity contribution is -0.120. The summed E-state index contributed by atoms with van der Waals surface area (Å²) in [6, 6.07) is 11.8. The fraction of sp³-hybridized carbons (Fsp3) is 0.500. The average molecular weight is 456 g/mol. The van der Waals surface area contributed by atoms with Crippen LogP contribution < -0.4 is 10.9 Å². The van der Waals surface area contributed by atoms with Gasteiger partial charge in [-0.1, -0.05) is 25.3 Å². The summed E-state index contributed by atoms with van der Waals surface area (Å²) >= 11 is 0. The lowest BCUT2D eigenvalue weighted by Gasteiger charge is -2.42. The number of amides is 1. The summed E-state index contributed by atoms with van der Waals surface area (Å²) in [5, 5.41) is 2.94. The Bertz CT molecular complexity index is 1170. The van der Waals surface area contributed by atoms with Crippen LogP contribution in [0.4, 0.5) is 5.69 Å². The molecule has 1 aliphatic carbocycles. The molecular weight excluding hydrogens is 426 g/mol. The molecule has 0 radical (unpaired) electrons. The van der Waals surface area contributed by atoms with Gasteiger partial charge >= 0.3 is 0 Å². The quantitative estimate of drug-likeness (QED) is 0.767. The average Bonchev–Trinajstić information content (AvgIpc) is 2.80. The number of benzene rings is 1. The highest BCUT2D eigenvalue weighted by atomic mass is 32.2. The number of hydrogen-bond acceptors (Lipinski definition) is 4. The number of sulfonamides is 1. The molecule has 1 aromatic heterocycles. The van der Waals surface area contributed by atoms with E-state index in [4.69, 9.17) is 0 Å². The second-order valence-corrected chi connectivity index (χ2v) is 11.3. The molecule has 0 spiro atoms. The molecule has 32 heavy (non-hydrogen) atoms. The van der Waals surface area contributed by atoms with Gasteiger partial charge in [0.15, 0.2) is 0 Å². The van der Waals surface area contributed by atoms with Gasteiger partial charge in [0.2, 0.25) is 15.9 Å². The van der Waals surface area contributed by atoms with E-state index in [-0.39, 0.29) is 34.1 Å². The van der Waals surface area contributed by atoms with Crippen molar-refractivity contribution in [2.75, 3.05) is 18.4 Å². The Morgan fingerprint density at radius 2 is 1.69 bits per heavy atom. The fourth-order valence-corrected chi connectivity index (χ4v) is 7.08. The van der Waals surface area contributed by atoms with Gasteiger partial charge in [0.05, 0.1) is 4.90 Å². The molecule has 1 aromatic carbocycles. The molecule has 1 saturated carbocycles. The maximum atomic E-state index is 13.3. The summed E-state index contributed by atoms with van der Waals surface area (Å²) in [6.45, 7) is 1.35. The number of pyridine rings is 1. The maximum absolute atomic E-state index is 13.3. The normalized spacial score (nSPS) is 24.0. The molecule has 1 N–H and O–H groups in total. The van der Waals surface area contributed by atoms with Gasteiger partial charge < -0.3 is 9.88 Å². The number of piperidine rings is 1. The molecule has 3 heterocycles. The van der Waals surface area contributed by atoms with Crippen LogP contribution in [0.15, 0.2) is 52.2 Å². The van der Waals surface area contributed by atoms with Crippen molar-refractivity contribution in [2.45, 2.75) is 55.9 Å². The zero-order valence-corrected chi connectivity index (χ0v) is 18.9. The maximum Gasteiger partial charge on any atom is 0.250 e. The van der Waals surface area contributed by atoms with Crippen LogP contribution in [0.3, 0.4) is 0 Å². The Morgan fingerprint density at radius 3 is 2.44 bits per heavy atom. The van der Waals surface area contributed by atoms with E-state index in [1.54, 1.807) is 45.3 Å². The van der Waals surface area contributed by atoms with Crippen molar-refractivity contribution in [3.63, 3.8) is 0 Å². The van der Waals surface area contributed by atoms with Crippen LogP contribution in [0.25, 0.3) is 0 Å². The van der Waals surface area contributed by atoms with Crippen LogP contribution in [0.2, 0.25) is 0 Å². The summed E-state index contributed by atoms with van der Waals surface area (Å²) in [5.74, 6) is 0.235. The molecule has 2 fully saturated rings.